The van der Waals surface area contributed by atoms with Gasteiger partial charge >= 0.3 is 0 Å². The zero-order chi connectivity index (χ0) is 11.3. The van der Waals surface area contributed by atoms with Crippen molar-refractivity contribution in [2.75, 3.05) is 32.7 Å². The molecule has 5 nitrogen and oxygen atoms in total. The number of anilines is 1. The predicted octanol–water partition coefficient (Wildman–Crippen LogP) is 0.745. The van der Waals surface area contributed by atoms with Crippen LogP contribution in [0.5, 0.6) is 0 Å². The highest BCUT2D eigenvalue weighted by atomic mass is 16.5. The molecule has 0 amide bonds. The first-order chi connectivity index (χ1) is 7.16. The first kappa shape index (κ1) is 12.0. The summed E-state index contributed by atoms with van der Waals surface area (Å²) < 4.78 is 12.1. The van der Waals surface area contributed by atoms with E-state index in [9.17, 15) is 0 Å². The van der Waals surface area contributed by atoms with Crippen molar-refractivity contribution in [1.29, 1.82) is 0 Å². The zero-order valence-corrected chi connectivity index (χ0v) is 9.62. The number of hydrogen-bond acceptors (Lipinski definition) is 4. The van der Waals surface area contributed by atoms with Crippen LogP contribution in [0, 0.1) is 13.8 Å². The Bertz CT molecular complexity index is 310. The molecule has 1 aromatic rings. The Morgan fingerprint density at radius 1 is 1.27 bits per heavy atom. The third-order valence-corrected chi connectivity index (χ3v) is 2.32. The molecule has 0 aliphatic rings. The molecule has 1 aromatic heterocycles. The molecule has 0 saturated heterocycles. The summed E-state index contributed by atoms with van der Waals surface area (Å²) in [6.45, 7) is 6.47. The highest BCUT2D eigenvalue weighted by molar-refractivity contribution is 5.46. The molecule has 2 N–H and O–H groups in total. The van der Waals surface area contributed by atoms with Gasteiger partial charge in [0.25, 0.3) is 0 Å². The molecule has 0 unspecified atom stereocenters. The van der Waals surface area contributed by atoms with Gasteiger partial charge in [-0.25, -0.2) is 0 Å². The molecule has 1 heterocycles. The lowest BCUT2D eigenvalue weighted by Crippen LogP contribution is -2.11. The average molecular weight is 213 g/mol. The number of methoxy groups -OCH3 is 1. The third-order valence-electron chi connectivity index (χ3n) is 2.32. The number of ether oxygens (including phenoxy) is 2. The predicted molar refractivity (Wildman–Crippen MR) is 58.8 cm³/mol. The highest BCUT2D eigenvalue weighted by Crippen LogP contribution is 2.14. The highest BCUT2D eigenvalue weighted by Gasteiger charge is 2.06. The SMILES string of the molecule is COCCOCCn1nc(C)c(N)c1C. The normalized spacial score (nSPS) is 10.9. The molecule has 0 bridgehead atoms. The van der Waals surface area contributed by atoms with Crippen LogP contribution < -0.4 is 5.73 Å². The van der Waals surface area contributed by atoms with Gasteiger partial charge in [-0.3, -0.25) is 4.68 Å². The summed E-state index contributed by atoms with van der Waals surface area (Å²) in [5.74, 6) is 0. The van der Waals surface area contributed by atoms with Crippen molar-refractivity contribution in [3.8, 4) is 0 Å². The van der Waals surface area contributed by atoms with Gasteiger partial charge in [0.05, 0.1) is 43.4 Å². The van der Waals surface area contributed by atoms with Gasteiger partial charge in [0.15, 0.2) is 0 Å². The van der Waals surface area contributed by atoms with Crippen LogP contribution in [0.15, 0.2) is 0 Å². The molecule has 15 heavy (non-hydrogen) atoms. The van der Waals surface area contributed by atoms with Crippen molar-refractivity contribution in [3.63, 3.8) is 0 Å². The lowest BCUT2D eigenvalue weighted by molar-refractivity contribution is 0.0652. The van der Waals surface area contributed by atoms with Crippen LogP contribution in [-0.4, -0.2) is 36.7 Å². The van der Waals surface area contributed by atoms with Gasteiger partial charge in [-0.15, -0.1) is 0 Å². The van der Waals surface area contributed by atoms with Crippen LogP contribution in [0.3, 0.4) is 0 Å². The standard InChI is InChI=1S/C10H19N3O2/c1-8-10(11)9(2)13(12-8)4-5-15-7-6-14-3/h4-7,11H2,1-3H3. The molecule has 0 saturated carbocycles. The molecule has 0 atom stereocenters. The van der Waals surface area contributed by atoms with Crippen LogP contribution in [0.1, 0.15) is 11.4 Å². The number of aryl methyl sites for hydroxylation is 1. The fraction of sp³-hybridized carbons (Fsp3) is 0.700. The molecular weight excluding hydrogens is 194 g/mol. The first-order valence-electron chi connectivity index (χ1n) is 5.03. The van der Waals surface area contributed by atoms with Gasteiger partial charge in [-0.05, 0) is 13.8 Å². The van der Waals surface area contributed by atoms with Gasteiger partial charge in [-0.1, -0.05) is 0 Å². The Morgan fingerprint density at radius 2 is 2.00 bits per heavy atom. The third kappa shape index (κ3) is 3.21. The minimum atomic E-state index is 0.616. The molecule has 0 fully saturated rings. The Labute approximate surface area is 90.2 Å². The summed E-state index contributed by atoms with van der Waals surface area (Å²) >= 11 is 0. The smallest absolute Gasteiger partial charge is 0.0825 e. The van der Waals surface area contributed by atoms with Gasteiger partial charge in [0, 0.05) is 7.11 Å². The van der Waals surface area contributed by atoms with E-state index in [0.717, 1.165) is 23.6 Å². The maximum atomic E-state index is 5.81. The van der Waals surface area contributed by atoms with Crippen LogP contribution in [0.2, 0.25) is 0 Å². The summed E-state index contributed by atoms with van der Waals surface area (Å²) in [7, 11) is 1.66. The Hall–Kier alpha value is -1.07. The lowest BCUT2D eigenvalue weighted by Gasteiger charge is -2.05. The van der Waals surface area contributed by atoms with Crippen molar-refractivity contribution < 1.29 is 9.47 Å². The Morgan fingerprint density at radius 3 is 2.53 bits per heavy atom. The van der Waals surface area contributed by atoms with Crippen molar-refractivity contribution in [1.82, 2.24) is 9.78 Å². The Balaban J connectivity index is 2.34. The molecule has 0 aliphatic heterocycles. The van der Waals surface area contributed by atoms with Crippen LogP contribution >= 0.6 is 0 Å². The molecule has 5 heteroatoms. The molecule has 0 aliphatic carbocycles. The second-order valence-corrected chi connectivity index (χ2v) is 3.41. The number of aromatic nitrogens is 2. The molecule has 1 rings (SSSR count). The maximum absolute atomic E-state index is 5.81. The molecule has 0 aromatic carbocycles. The molecule has 86 valence electrons. The summed E-state index contributed by atoms with van der Waals surface area (Å²) in [5.41, 5.74) is 8.46. The van der Waals surface area contributed by atoms with Gasteiger partial charge < -0.3 is 15.2 Å². The van der Waals surface area contributed by atoms with Gasteiger partial charge in [-0.2, -0.15) is 5.10 Å². The maximum Gasteiger partial charge on any atom is 0.0825 e. The summed E-state index contributed by atoms with van der Waals surface area (Å²) in [4.78, 5) is 0. The van der Waals surface area contributed by atoms with E-state index in [0.29, 0.717) is 19.8 Å². The topological polar surface area (TPSA) is 62.3 Å². The monoisotopic (exact) mass is 213 g/mol. The quantitative estimate of drug-likeness (QED) is 0.708. The number of rotatable bonds is 6. The van der Waals surface area contributed by atoms with E-state index in [-0.39, 0.29) is 0 Å². The first-order valence-corrected chi connectivity index (χ1v) is 5.03. The van der Waals surface area contributed by atoms with E-state index >= 15 is 0 Å². The fourth-order valence-corrected chi connectivity index (χ4v) is 1.32. The number of hydrogen-bond donors (Lipinski definition) is 1. The van der Waals surface area contributed by atoms with E-state index in [1.54, 1.807) is 7.11 Å². The van der Waals surface area contributed by atoms with Crippen LogP contribution in [0.4, 0.5) is 5.69 Å². The molecular formula is C10H19N3O2. The summed E-state index contributed by atoms with van der Waals surface area (Å²) in [5, 5.41) is 4.31. The van der Waals surface area contributed by atoms with Gasteiger partial charge in [0.1, 0.15) is 0 Å². The van der Waals surface area contributed by atoms with Crippen LogP contribution in [-0.2, 0) is 16.0 Å². The minimum absolute atomic E-state index is 0.616. The second kappa shape index (κ2) is 5.72. The number of nitrogen functional groups attached to an aromatic ring is 1. The van der Waals surface area contributed by atoms with E-state index in [4.69, 9.17) is 15.2 Å². The van der Waals surface area contributed by atoms with E-state index in [1.807, 2.05) is 18.5 Å². The summed E-state index contributed by atoms with van der Waals surface area (Å²) in [6, 6.07) is 0. The molecule has 0 spiro atoms. The van der Waals surface area contributed by atoms with Crippen LogP contribution in [0.25, 0.3) is 0 Å². The van der Waals surface area contributed by atoms with Crippen molar-refractivity contribution in [3.05, 3.63) is 11.4 Å². The Kier molecular flexibility index (Phi) is 4.58. The van der Waals surface area contributed by atoms with E-state index in [1.165, 1.54) is 0 Å². The second-order valence-electron chi connectivity index (χ2n) is 3.41. The lowest BCUT2D eigenvalue weighted by atomic mass is 10.3. The fourth-order valence-electron chi connectivity index (χ4n) is 1.32. The molecule has 0 radical (unpaired) electrons. The number of nitrogens with zero attached hydrogens (tertiary/aromatic N) is 2. The number of nitrogens with two attached hydrogens (primary N) is 1. The zero-order valence-electron chi connectivity index (χ0n) is 9.62. The van der Waals surface area contributed by atoms with Crippen molar-refractivity contribution in [2.45, 2.75) is 20.4 Å². The average Bonchev–Trinajstić information content (AvgIpc) is 2.46. The van der Waals surface area contributed by atoms with E-state index in [2.05, 4.69) is 5.10 Å². The largest absolute Gasteiger partial charge is 0.396 e. The van der Waals surface area contributed by atoms with Crippen molar-refractivity contribution >= 4 is 5.69 Å². The summed E-state index contributed by atoms with van der Waals surface area (Å²) in [6.07, 6.45) is 0. The van der Waals surface area contributed by atoms with Gasteiger partial charge in [0.2, 0.25) is 0 Å². The minimum Gasteiger partial charge on any atom is -0.396 e. The van der Waals surface area contributed by atoms with Crippen molar-refractivity contribution in [2.24, 2.45) is 0 Å². The van der Waals surface area contributed by atoms with E-state index < -0.39 is 0 Å².